The predicted molar refractivity (Wildman–Crippen MR) is 105 cm³/mol. The molecule has 0 spiro atoms. The first-order chi connectivity index (χ1) is 13.1. The second kappa shape index (κ2) is 7.36. The van der Waals surface area contributed by atoms with Crippen molar-refractivity contribution in [3.63, 3.8) is 0 Å². The van der Waals surface area contributed by atoms with Crippen molar-refractivity contribution in [1.82, 2.24) is 20.2 Å². The lowest BCUT2D eigenvalue weighted by Crippen LogP contribution is -2.21. The van der Waals surface area contributed by atoms with Crippen LogP contribution in [-0.2, 0) is 4.79 Å². The van der Waals surface area contributed by atoms with E-state index in [9.17, 15) is 4.79 Å². The average molecular weight is 383 g/mol. The first-order valence-corrected chi connectivity index (χ1v) is 9.16. The van der Waals surface area contributed by atoms with Crippen LogP contribution in [0.2, 0.25) is 5.02 Å². The van der Waals surface area contributed by atoms with E-state index in [1.807, 2.05) is 48.0 Å². The number of carbonyl (C=O) groups is 1. The summed E-state index contributed by atoms with van der Waals surface area (Å²) >= 11 is 6.16. The molecule has 1 amide bonds. The number of benzene rings is 2. The Kier molecular flexibility index (Phi) is 4.77. The second-order valence-electron chi connectivity index (χ2n) is 6.64. The molecular weight excluding hydrogens is 364 g/mol. The van der Waals surface area contributed by atoms with Crippen LogP contribution in [0.4, 0.5) is 11.4 Å². The van der Waals surface area contributed by atoms with E-state index >= 15 is 0 Å². The van der Waals surface area contributed by atoms with Gasteiger partial charge in [0.1, 0.15) is 0 Å². The van der Waals surface area contributed by atoms with Gasteiger partial charge < -0.3 is 10.6 Å². The fourth-order valence-corrected chi connectivity index (χ4v) is 3.10. The third-order valence-electron chi connectivity index (χ3n) is 4.36. The molecule has 2 N–H and O–H groups in total. The minimum absolute atomic E-state index is 0.126. The standard InChI is InChI=1S/C19H19ClN6O/c1-12-5-8-17(16(20)9-12)22-18(27)11-21-14-4-2-3-13(10-14)19-23-24-25-26(19)15-6-7-15/h2-5,8-10,15,21H,6-7,11H2,1H3,(H,22,27). The number of aromatic nitrogens is 4. The molecule has 1 aliphatic rings. The quantitative estimate of drug-likeness (QED) is 0.679. The smallest absolute Gasteiger partial charge is 0.243 e. The SMILES string of the molecule is Cc1ccc(NC(=O)CNc2cccc(-c3nnnn3C3CC3)c2)c(Cl)c1. The molecule has 7 nitrogen and oxygen atoms in total. The molecule has 1 saturated carbocycles. The normalized spacial score (nSPS) is 13.4. The molecule has 8 heteroatoms. The monoisotopic (exact) mass is 382 g/mol. The first kappa shape index (κ1) is 17.5. The van der Waals surface area contributed by atoms with Gasteiger partial charge in [0.15, 0.2) is 5.82 Å². The number of nitrogens with one attached hydrogen (secondary N) is 2. The molecule has 0 bridgehead atoms. The summed E-state index contributed by atoms with van der Waals surface area (Å²) in [6.07, 6.45) is 2.22. The van der Waals surface area contributed by atoms with Gasteiger partial charge in [-0.05, 0) is 60.0 Å². The number of rotatable bonds is 6. The van der Waals surface area contributed by atoms with E-state index in [0.717, 1.165) is 35.5 Å². The highest BCUT2D eigenvalue weighted by Gasteiger charge is 2.28. The molecule has 0 atom stereocenters. The Morgan fingerprint density at radius 3 is 2.89 bits per heavy atom. The van der Waals surface area contributed by atoms with Crippen molar-refractivity contribution in [1.29, 1.82) is 0 Å². The Balaban J connectivity index is 1.41. The van der Waals surface area contributed by atoms with Crippen LogP contribution in [0.1, 0.15) is 24.4 Å². The molecule has 0 saturated heterocycles. The zero-order valence-corrected chi connectivity index (χ0v) is 15.6. The fourth-order valence-electron chi connectivity index (χ4n) is 2.82. The molecule has 1 fully saturated rings. The maximum absolute atomic E-state index is 12.2. The Bertz CT molecular complexity index is 982. The van der Waals surface area contributed by atoms with Crippen LogP contribution in [-0.4, -0.2) is 32.7 Å². The highest BCUT2D eigenvalue weighted by Crippen LogP contribution is 2.36. The van der Waals surface area contributed by atoms with Gasteiger partial charge >= 0.3 is 0 Å². The van der Waals surface area contributed by atoms with Gasteiger partial charge in [0.2, 0.25) is 5.91 Å². The molecule has 27 heavy (non-hydrogen) atoms. The Labute approximate surface area is 161 Å². The van der Waals surface area contributed by atoms with Gasteiger partial charge in [-0.2, -0.15) is 0 Å². The lowest BCUT2D eigenvalue weighted by atomic mass is 10.2. The van der Waals surface area contributed by atoms with Crippen LogP contribution in [0.3, 0.4) is 0 Å². The summed E-state index contributed by atoms with van der Waals surface area (Å²) in [6, 6.07) is 13.6. The molecular formula is C19H19ClN6O. The number of nitrogens with zero attached hydrogens (tertiary/aromatic N) is 4. The lowest BCUT2D eigenvalue weighted by Gasteiger charge is -2.10. The van der Waals surface area contributed by atoms with E-state index in [0.29, 0.717) is 16.8 Å². The topological polar surface area (TPSA) is 84.7 Å². The third kappa shape index (κ3) is 4.09. The summed E-state index contributed by atoms with van der Waals surface area (Å²) in [5, 5.41) is 18.5. The predicted octanol–water partition coefficient (Wildman–Crippen LogP) is 3.69. The molecule has 2 aromatic carbocycles. The number of aryl methyl sites for hydroxylation is 1. The maximum atomic E-state index is 12.2. The molecule has 138 valence electrons. The summed E-state index contributed by atoms with van der Waals surface area (Å²) < 4.78 is 1.87. The minimum atomic E-state index is -0.172. The van der Waals surface area contributed by atoms with Crippen LogP contribution in [0.5, 0.6) is 0 Å². The molecule has 0 radical (unpaired) electrons. The summed E-state index contributed by atoms with van der Waals surface area (Å²) in [5.41, 5.74) is 3.38. The van der Waals surface area contributed by atoms with Gasteiger partial charge in [0.25, 0.3) is 0 Å². The van der Waals surface area contributed by atoms with Gasteiger partial charge in [0, 0.05) is 11.3 Å². The molecule has 3 aromatic rings. The van der Waals surface area contributed by atoms with Gasteiger partial charge in [-0.3, -0.25) is 4.79 Å². The summed E-state index contributed by atoms with van der Waals surface area (Å²) in [6.45, 7) is 2.08. The van der Waals surface area contributed by atoms with Crippen molar-refractivity contribution >= 4 is 28.9 Å². The van der Waals surface area contributed by atoms with Crippen molar-refractivity contribution in [3.8, 4) is 11.4 Å². The zero-order chi connectivity index (χ0) is 18.8. The average Bonchev–Trinajstić information content (AvgIpc) is 3.39. The van der Waals surface area contributed by atoms with E-state index in [1.165, 1.54) is 0 Å². The highest BCUT2D eigenvalue weighted by atomic mass is 35.5. The molecule has 4 rings (SSSR count). The van der Waals surface area contributed by atoms with Crippen molar-refractivity contribution in [3.05, 3.63) is 53.1 Å². The molecule has 1 aromatic heterocycles. The van der Waals surface area contributed by atoms with E-state index in [-0.39, 0.29) is 12.5 Å². The summed E-state index contributed by atoms with van der Waals surface area (Å²) in [7, 11) is 0. The largest absolute Gasteiger partial charge is 0.376 e. The summed E-state index contributed by atoms with van der Waals surface area (Å²) in [4.78, 5) is 12.2. The van der Waals surface area contributed by atoms with E-state index in [2.05, 4.69) is 26.2 Å². The van der Waals surface area contributed by atoms with E-state index < -0.39 is 0 Å². The number of halogens is 1. The van der Waals surface area contributed by atoms with E-state index in [1.54, 1.807) is 6.07 Å². The first-order valence-electron chi connectivity index (χ1n) is 8.78. The molecule has 1 heterocycles. The Hall–Kier alpha value is -2.93. The van der Waals surface area contributed by atoms with Gasteiger partial charge in [-0.25, -0.2) is 4.68 Å². The maximum Gasteiger partial charge on any atom is 0.243 e. The molecule has 1 aliphatic carbocycles. The number of amides is 1. The molecule has 0 unspecified atom stereocenters. The second-order valence-corrected chi connectivity index (χ2v) is 7.05. The van der Waals surface area contributed by atoms with Crippen LogP contribution in [0.15, 0.2) is 42.5 Å². The van der Waals surface area contributed by atoms with E-state index in [4.69, 9.17) is 11.6 Å². The van der Waals surface area contributed by atoms with Crippen molar-refractivity contribution in [2.75, 3.05) is 17.2 Å². The minimum Gasteiger partial charge on any atom is -0.376 e. The van der Waals surface area contributed by atoms with Crippen molar-refractivity contribution in [2.45, 2.75) is 25.8 Å². The zero-order valence-electron chi connectivity index (χ0n) is 14.8. The number of anilines is 2. The lowest BCUT2D eigenvalue weighted by molar-refractivity contribution is -0.114. The van der Waals surface area contributed by atoms with Crippen LogP contribution >= 0.6 is 11.6 Å². The van der Waals surface area contributed by atoms with Gasteiger partial charge in [-0.15, -0.1) is 5.10 Å². The number of hydrogen-bond donors (Lipinski definition) is 2. The van der Waals surface area contributed by atoms with Crippen LogP contribution in [0.25, 0.3) is 11.4 Å². The van der Waals surface area contributed by atoms with Crippen molar-refractivity contribution < 1.29 is 4.79 Å². The number of carbonyl (C=O) groups excluding carboxylic acids is 1. The molecule has 0 aliphatic heterocycles. The van der Waals surface area contributed by atoms with Crippen molar-refractivity contribution in [2.24, 2.45) is 0 Å². The number of tetrazole rings is 1. The Morgan fingerprint density at radius 2 is 2.11 bits per heavy atom. The fraction of sp³-hybridized carbons (Fsp3) is 0.263. The van der Waals surface area contributed by atoms with Crippen LogP contribution in [0, 0.1) is 6.92 Å². The Morgan fingerprint density at radius 1 is 1.26 bits per heavy atom. The third-order valence-corrected chi connectivity index (χ3v) is 4.67. The van der Waals surface area contributed by atoms with Gasteiger partial charge in [0.05, 0.1) is 23.3 Å². The highest BCUT2D eigenvalue weighted by molar-refractivity contribution is 6.33. The van der Waals surface area contributed by atoms with Gasteiger partial charge in [-0.1, -0.05) is 29.8 Å². The van der Waals surface area contributed by atoms with Crippen LogP contribution < -0.4 is 10.6 Å². The number of hydrogen-bond acceptors (Lipinski definition) is 5. The summed E-state index contributed by atoms with van der Waals surface area (Å²) in [5.74, 6) is 0.575.